The van der Waals surface area contributed by atoms with Gasteiger partial charge in [0.15, 0.2) is 0 Å². The number of nitrogens with zero attached hydrogens (tertiary/aromatic N) is 1. The second-order valence-electron chi connectivity index (χ2n) is 5.50. The lowest BCUT2D eigenvalue weighted by Gasteiger charge is -2.09. The van der Waals surface area contributed by atoms with Gasteiger partial charge in [-0.1, -0.05) is 43.3 Å². The van der Waals surface area contributed by atoms with Gasteiger partial charge in [-0.15, -0.1) is 0 Å². The van der Waals surface area contributed by atoms with Crippen molar-refractivity contribution in [3.63, 3.8) is 0 Å². The molecule has 0 aliphatic carbocycles. The minimum Gasteiger partial charge on any atom is -0.317 e. The van der Waals surface area contributed by atoms with Crippen molar-refractivity contribution in [3.8, 4) is 0 Å². The molecule has 0 aromatic heterocycles. The number of benzene rings is 2. The summed E-state index contributed by atoms with van der Waals surface area (Å²) in [5, 5.41) is 6.40. The zero-order valence-electron chi connectivity index (χ0n) is 14.1. The molecular formula is C19H21N3O2. The standard InChI is InChI=1S/C19H21N3O2/c1-4-15-8-10-16(11-9-15)12-20-22-19(24)18(23)21-17-7-5-6-13(2)14(17)3/h5-12H,4H2,1-3H3,(H,21,23)(H,22,24)/b20-12-. The van der Waals surface area contributed by atoms with E-state index in [-0.39, 0.29) is 0 Å². The second-order valence-corrected chi connectivity index (χ2v) is 5.50. The first kappa shape index (κ1) is 17.4. The molecule has 124 valence electrons. The van der Waals surface area contributed by atoms with E-state index in [9.17, 15) is 9.59 Å². The van der Waals surface area contributed by atoms with Crippen molar-refractivity contribution >= 4 is 23.7 Å². The van der Waals surface area contributed by atoms with Crippen LogP contribution in [0.3, 0.4) is 0 Å². The van der Waals surface area contributed by atoms with Gasteiger partial charge in [0.1, 0.15) is 0 Å². The largest absolute Gasteiger partial charge is 0.329 e. The number of nitrogens with one attached hydrogen (secondary N) is 2. The first-order chi connectivity index (χ1) is 11.5. The third kappa shape index (κ3) is 4.52. The highest BCUT2D eigenvalue weighted by molar-refractivity contribution is 6.39. The smallest absolute Gasteiger partial charge is 0.317 e. The van der Waals surface area contributed by atoms with Gasteiger partial charge in [0.2, 0.25) is 0 Å². The van der Waals surface area contributed by atoms with Gasteiger partial charge in [0.05, 0.1) is 6.21 Å². The lowest BCUT2D eigenvalue weighted by molar-refractivity contribution is -0.136. The summed E-state index contributed by atoms with van der Waals surface area (Å²) < 4.78 is 0. The topological polar surface area (TPSA) is 70.6 Å². The SMILES string of the molecule is CCc1ccc(/C=N\NC(=O)C(=O)Nc2cccc(C)c2C)cc1. The number of carbonyl (C=O) groups is 2. The Bertz CT molecular complexity index is 765. The molecule has 0 saturated heterocycles. The molecule has 0 aliphatic heterocycles. The highest BCUT2D eigenvalue weighted by Gasteiger charge is 2.14. The van der Waals surface area contributed by atoms with E-state index >= 15 is 0 Å². The van der Waals surface area contributed by atoms with Crippen LogP contribution in [0.15, 0.2) is 47.6 Å². The van der Waals surface area contributed by atoms with E-state index in [0.717, 1.165) is 23.1 Å². The van der Waals surface area contributed by atoms with Crippen molar-refractivity contribution in [2.45, 2.75) is 27.2 Å². The lowest BCUT2D eigenvalue weighted by Crippen LogP contribution is -2.32. The zero-order valence-corrected chi connectivity index (χ0v) is 14.1. The van der Waals surface area contributed by atoms with E-state index < -0.39 is 11.8 Å². The molecule has 2 N–H and O–H groups in total. The Morgan fingerprint density at radius 1 is 1.04 bits per heavy atom. The Balaban J connectivity index is 1.92. The molecule has 5 heteroatoms. The summed E-state index contributed by atoms with van der Waals surface area (Å²) in [4.78, 5) is 23.7. The second kappa shape index (κ2) is 8.06. The Labute approximate surface area is 141 Å². The summed E-state index contributed by atoms with van der Waals surface area (Å²) in [6, 6.07) is 13.3. The average Bonchev–Trinajstić information content (AvgIpc) is 2.59. The maximum absolute atomic E-state index is 11.9. The van der Waals surface area contributed by atoms with Crippen molar-refractivity contribution in [1.82, 2.24) is 5.43 Å². The van der Waals surface area contributed by atoms with Crippen LogP contribution in [0.4, 0.5) is 5.69 Å². The summed E-state index contributed by atoms with van der Waals surface area (Å²) in [5.41, 5.74) is 6.90. The van der Waals surface area contributed by atoms with E-state index in [1.165, 1.54) is 11.8 Å². The Kier molecular flexibility index (Phi) is 5.84. The summed E-state index contributed by atoms with van der Waals surface area (Å²) in [6.45, 7) is 5.91. The van der Waals surface area contributed by atoms with E-state index in [4.69, 9.17) is 0 Å². The average molecular weight is 323 g/mol. The summed E-state index contributed by atoms with van der Waals surface area (Å²) in [7, 11) is 0. The van der Waals surface area contributed by atoms with Gasteiger partial charge in [0, 0.05) is 5.69 Å². The van der Waals surface area contributed by atoms with Crippen LogP contribution in [0, 0.1) is 13.8 Å². The number of anilines is 1. The fourth-order valence-corrected chi connectivity index (χ4v) is 2.12. The quantitative estimate of drug-likeness (QED) is 0.516. The van der Waals surface area contributed by atoms with Crippen LogP contribution >= 0.6 is 0 Å². The summed E-state index contributed by atoms with van der Waals surface area (Å²) >= 11 is 0. The normalized spacial score (nSPS) is 10.6. The van der Waals surface area contributed by atoms with Gasteiger partial charge < -0.3 is 5.32 Å². The van der Waals surface area contributed by atoms with Gasteiger partial charge in [-0.3, -0.25) is 9.59 Å². The highest BCUT2D eigenvalue weighted by atomic mass is 16.2. The van der Waals surface area contributed by atoms with E-state index in [1.54, 1.807) is 6.07 Å². The van der Waals surface area contributed by atoms with Crippen molar-refractivity contribution < 1.29 is 9.59 Å². The fraction of sp³-hybridized carbons (Fsp3) is 0.211. The number of hydrazone groups is 1. The zero-order chi connectivity index (χ0) is 17.5. The maximum atomic E-state index is 11.9. The van der Waals surface area contributed by atoms with Gasteiger partial charge in [-0.25, -0.2) is 5.43 Å². The highest BCUT2D eigenvalue weighted by Crippen LogP contribution is 2.17. The van der Waals surface area contributed by atoms with Crippen LogP contribution < -0.4 is 10.7 Å². The van der Waals surface area contributed by atoms with Crippen LogP contribution in [0.1, 0.15) is 29.2 Å². The fourth-order valence-electron chi connectivity index (χ4n) is 2.12. The molecule has 2 rings (SSSR count). The lowest BCUT2D eigenvalue weighted by atomic mass is 10.1. The minimum atomic E-state index is -0.808. The first-order valence-corrected chi connectivity index (χ1v) is 7.80. The minimum absolute atomic E-state index is 0.620. The number of carbonyl (C=O) groups excluding carboxylic acids is 2. The predicted octanol–water partition coefficient (Wildman–Crippen LogP) is 2.95. The first-order valence-electron chi connectivity index (χ1n) is 7.80. The summed E-state index contributed by atoms with van der Waals surface area (Å²) in [5.74, 6) is -1.56. The number of hydrogen-bond acceptors (Lipinski definition) is 3. The van der Waals surface area contributed by atoms with E-state index in [0.29, 0.717) is 5.69 Å². The molecule has 0 unspecified atom stereocenters. The molecule has 2 aromatic carbocycles. The molecule has 2 aromatic rings. The Morgan fingerprint density at radius 3 is 2.42 bits per heavy atom. The third-order valence-corrected chi connectivity index (χ3v) is 3.83. The third-order valence-electron chi connectivity index (χ3n) is 3.83. The van der Waals surface area contributed by atoms with Crippen molar-refractivity contribution in [2.24, 2.45) is 5.10 Å². The van der Waals surface area contributed by atoms with Crippen LogP contribution in [-0.2, 0) is 16.0 Å². The monoisotopic (exact) mass is 323 g/mol. The molecule has 0 fully saturated rings. The molecule has 0 radical (unpaired) electrons. The molecule has 0 bridgehead atoms. The molecule has 0 atom stereocenters. The van der Waals surface area contributed by atoms with Gasteiger partial charge in [-0.05, 0) is 48.6 Å². The Hall–Kier alpha value is -2.95. The van der Waals surface area contributed by atoms with Crippen molar-refractivity contribution in [3.05, 3.63) is 64.7 Å². The number of hydrogen-bond donors (Lipinski definition) is 2. The molecular weight excluding hydrogens is 302 g/mol. The summed E-state index contributed by atoms with van der Waals surface area (Å²) in [6.07, 6.45) is 2.47. The van der Waals surface area contributed by atoms with E-state index in [2.05, 4.69) is 22.8 Å². The molecule has 0 spiro atoms. The maximum Gasteiger partial charge on any atom is 0.329 e. The molecule has 0 aliphatic rings. The van der Waals surface area contributed by atoms with Crippen LogP contribution in [0.5, 0.6) is 0 Å². The predicted molar refractivity (Wildman–Crippen MR) is 96.1 cm³/mol. The number of amides is 2. The molecule has 24 heavy (non-hydrogen) atoms. The van der Waals surface area contributed by atoms with Crippen LogP contribution in [0.2, 0.25) is 0 Å². The molecule has 0 saturated carbocycles. The molecule has 5 nitrogen and oxygen atoms in total. The van der Waals surface area contributed by atoms with Crippen molar-refractivity contribution in [1.29, 1.82) is 0 Å². The number of aryl methyl sites for hydroxylation is 2. The molecule has 2 amide bonds. The van der Waals surface area contributed by atoms with Gasteiger partial charge >= 0.3 is 11.8 Å². The van der Waals surface area contributed by atoms with Crippen LogP contribution in [-0.4, -0.2) is 18.0 Å². The Morgan fingerprint density at radius 2 is 1.75 bits per heavy atom. The van der Waals surface area contributed by atoms with E-state index in [1.807, 2.05) is 50.2 Å². The van der Waals surface area contributed by atoms with Crippen LogP contribution in [0.25, 0.3) is 0 Å². The molecule has 0 heterocycles. The number of rotatable bonds is 4. The van der Waals surface area contributed by atoms with Crippen molar-refractivity contribution in [2.75, 3.05) is 5.32 Å². The van der Waals surface area contributed by atoms with Gasteiger partial charge in [0.25, 0.3) is 0 Å². The van der Waals surface area contributed by atoms with Gasteiger partial charge in [-0.2, -0.15) is 5.10 Å².